The van der Waals surface area contributed by atoms with Gasteiger partial charge in [0.05, 0.1) is 0 Å². The van der Waals surface area contributed by atoms with Crippen LogP contribution in [0.2, 0.25) is 0 Å². The lowest BCUT2D eigenvalue weighted by atomic mass is 10.1. The summed E-state index contributed by atoms with van der Waals surface area (Å²) >= 11 is 4.29. The standard InChI is InChI=1S/C13H14N2OS/c1-2-14-13(16)15-11-5-3-10-8-12(17)6-4-9(10)7-11/h3-8,17H,2H2,1H3,(H2,14,15,16). The van der Waals surface area contributed by atoms with Gasteiger partial charge in [-0.15, -0.1) is 12.6 Å². The molecule has 4 heteroatoms. The molecule has 2 aromatic carbocycles. The van der Waals surface area contributed by atoms with Crippen molar-refractivity contribution < 1.29 is 4.79 Å². The average Bonchev–Trinajstić information content (AvgIpc) is 2.29. The molecule has 0 aliphatic rings. The van der Waals surface area contributed by atoms with Crippen LogP contribution in [0.25, 0.3) is 10.8 Å². The normalized spacial score (nSPS) is 10.2. The van der Waals surface area contributed by atoms with Crippen LogP contribution in [-0.2, 0) is 0 Å². The average molecular weight is 246 g/mol. The van der Waals surface area contributed by atoms with E-state index in [1.54, 1.807) is 0 Å². The van der Waals surface area contributed by atoms with E-state index in [2.05, 4.69) is 23.3 Å². The molecular weight excluding hydrogens is 232 g/mol. The van der Waals surface area contributed by atoms with Crippen LogP contribution >= 0.6 is 12.6 Å². The Morgan fingerprint density at radius 3 is 2.65 bits per heavy atom. The fraction of sp³-hybridized carbons (Fsp3) is 0.154. The van der Waals surface area contributed by atoms with Crippen LogP contribution in [0.3, 0.4) is 0 Å². The number of rotatable bonds is 2. The van der Waals surface area contributed by atoms with Gasteiger partial charge in [-0.1, -0.05) is 12.1 Å². The lowest BCUT2D eigenvalue weighted by Gasteiger charge is -2.07. The number of thiol groups is 1. The summed E-state index contributed by atoms with van der Waals surface area (Å²) < 4.78 is 0. The van der Waals surface area contributed by atoms with Gasteiger partial charge in [0.15, 0.2) is 0 Å². The number of benzene rings is 2. The molecule has 0 radical (unpaired) electrons. The van der Waals surface area contributed by atoms with E-state index in [9.17, 15) is 4.79 Å². The number of amides is 2. The van der Waals surface area contributed by atoms with Crippen molar-refractivity contribution in [3.8, 4) is 0 Å². The van der Waals surface area contributed by atoms with Crippen molar-refractivity contribution in [2.75, 3.05) is 11.9 Å². The third-order valence-electron chi connectivity index (χ3n) is 2.42. The van der Waals surface area contributed by atoms with Crippen molar-refractivity contribution in [1.29, 1.82) is 0 Å². The molecule has 0 spiro atoms. The van der Waals surface area contributed by atoms with E-state index in [0.717, 1.165) is 21.4 Å². The third kappa shape index (κ3) is 2.91. The molecule has 0 saturated carbocycles. The lowest BCUT2D eigenvalue weighted by molar-refractivity contribution is 0.252. The molecule has 2 rings (SSSR count). The van der Waals surface area contributed by atoms with Crippen LogP contribution in [0.5, 0.6) is 0 Å². The predicted octanol–water partition coefficient (Wildman–Crippen LogP) is 3.27. The minimum absolute atomic E-state index is 0.183. The van der Waals surface area contributed by atoms with Gasteiger partial charge >= 0.3 is 6.03 Å². The van der Waals surface area contributed by atoms with Gasteiger partial charge in [-0.25, -0.2) is 4.79 Å². The lowest BCUT2D eigenvalue weighted by Crippen LogP contribution is -2.28. The van der Waals surface area contributed by atoms with Crippen molar-refractivity contribution in [3.63, 3.8) is 0 Å². The summed E-state index contributed by atoms with van der Waals surface area (Å²) in [6, 6.07) is 11.5. The summed E-state index contributed by atoms with van der Waals surface area (Å²) in [7, 11) is 0. The van der Waals surface area contributed by atoms with Gasteiger partial charge in [-0.2, -0.15) is 0 Å². The molecule has 0 atom stereocenters. The van der Waals surface area contributed by atoms with Crippen molar-refractivity contribution in [2.24, 2.45) is 0 Å². The molecule has 0 saturated heterocycles. The van der Waals surface area contributed by atoms with Crippen molar-refractivity contribution in [1.82, 2.24) is 5.32 Å². The summed E-state index contributed by atoms with van der Waals surface area (Å²) in [4.78, 5) is 12.3. The molecule has 2 N–H and O–H groups in total. The molecule has 0 aliphatic heterocycles. The van der Waals surface area contributed by atoms with E-state index in [1.165, 1.54) is 0 Å². The Bertz CT molecular complexity index is 554. The van der Waals surface area contributed by atoms with Crippen LogP contribution < -0.4 is 10.6 Å². The molecule has 2 amide bonds. The van der Waals surface area contributed by atoms with E-state index < -0.39 is 0 Å². The van der Waals surface area contributed by atoms with E-state index in [1.807, 2.05) is 43.3 Å². The van der Waals surface area contributed by atoms with E-state index in [-0.39, 0.29) is 6.03 Å². The number of nitrogens with one attached hydrogen (secondary N) is 2. The van der Waals surface area contributed by atoms with Crippen LogP contribution in [-0.4, -0.2) is 12.6 Å². The quantitative estimate of drug-likeness (QED) is 0.699. The van der Waals surface area contributed by atoms with Gasteiger partial charge in [0.25, 0.3) is 0 Å². The van der Waals surface area contributed by atoms with Gasteiger partial charge in [0.2, 0.25) is 0 Å². The molecule has 0 unspecified atom stereocenters. The molecule has 0 heterocycles. The van der Waals surface area contributed by atoms with E-state index >= 15 is 0 Å². The Balaban J connectivity index is 2.26. The zero-order chi connectivity index (χ0) is 12.3. The van der Waals surface area contributed by atoms with E-state index in [4.69, 9.17) is 0 Å². The highest BCUT2D eigenvalue weighted by atomic mass is 32.1. The Morgan fingerprint density at radius 2 is 1.88 bits per heavy atom. The van der Waals surface area contributed by atoms with Crippen LogP contribution in [0.4, 0.5) is 10.5 Å². The molecule has 0 bridgehead atoms. The van der Waals surface area contributed by atoms with Crippen LogP contribution in [0.15, 0.2) is 41.3 Å². The second-order valence-corrected chi connectivity index (χ2v) is 4.25. The summed E-state index contributed by atoms with van der Waals surface area (Å²) in [5, 5.41) is 7.66. The molecule has 2 aromatic rings. The minimum atomic E-state index is -0.183. The maximum absolute atomic E-state index is 11.4. The number of hydrogen-bond donors (Lipinski definition) is 3. The second-order valence-electron chi connectivity index (χ2n) is 3.73. The van der Waals surface area contributed by atoms with Crippen LogP contribution in [0, 0.1) is 0 Å². The molecule has 17 heavy (non-hydrogen) atoms. The maximum Gasteiger partial charge on any atom is 0.319 e. The molecule has 0 aromatic heterocycles. The zero-order valence-electron chi connectivity index (χ0n) is 9.53. The number of carbonyl (C=O) groups is 1. The fourth-order valence-electron chi connectivity index (χ4n) is 1.65. The predicted molar refractivity (Wildman–Crippen MR) is 73.9 cm³/mol. The molecular formula is C13H14N2OS. The Morgan fingerprint density at radius 1 is 1.18 bits per heavy atom. The Kier molecular flexibility index (Phi) is 3.54. The fourth-order valence-corrected chi connectivity index (χ4v) is 1.86. The highest BCUT2D eigenvalue weighted by Gasteiger charge is 2.01. The summed E-state index contributed by atoms with van der Waals surface area (Å²) in [6.07, 6.45) is 0. The van der Waals surface area contributed by atoms with Crippen LogP contribution in [0.1, 0.15) is 6.92 Å². The van der Waals surface area contributed by atoms with Gasteiger partial charge in [-0.3, -0.25) is 0 Å². The second kappa shape index (κ2) is 5.10. The topological polar surface area (TPSA) is 41.1 Å². The minimum Gasteiger partial charge on any atom is -0.338 e. The van der Waals surface area contributed by atoms with Crippen molar-refractivity contribution >= 4 is 35.1 Å². The highest BCUT2D eigenvalue weighted by Crippen LogP contribution is 2.21. The van der Waals surface area contributed by atoms with E-state index in [0.29, 0.717) is 6.54 Å². The van der Waals surface area contributed by atoms with Gasteiger partial charge in [-0.05, 0) is 42.0 Å². The van der Waals surface area contributed by atoms with Crippen molar-refractivity contribution in [2.45, 2.75) is 11.8 Å². The Hall–Kier alpha value is -1.68. The summed E-state index contributed by atoms with van der Waals surface area (Å²) in [6.45, 7) is 2.50. The first-order valence-electron chi connectivity index (χ1n) is 5.46. The molecule has 3 nitrogen and oxygen atoms in total. The van der Waals surface area contributed by atoms with Gasteiger partial charge < -0.3 is 10.6 Å². The number of fused-ring (bicyclic) bond motifs is 1. The first-order chi connectivity index (χ1) is 8.19. The molecule has 88 valence electrons. The maximum atomic E-state index is 11.4. The van der Waals surface area contributed by atoms with Crippen molar-refractivity contribution in [3.05, 3.63) is 36.4 Å². The smallest absolute Gasteiger partial charge is 0.319 e. The SMILES string of the molecule is CCNC(=O)Nc1ccc2cc(S)ccc2c1. The summed E-state index contributed by atoms with van der Waals surface area (Å²) in [5.74, 6) is 0. The third-order valence-corrected chi connectivity index (χ3v) is 2.70. The van der Waals surface area contributed by atoms with Gasteiger partial charge in [0.1, 0.15) is 0 Å². The Labute approximate surface area is 106 Å². The first kappa shape index (κ1) is 11.8. The largest absolute Gasteiger partial charge is 0.338 e. The first-order valence-corrected chi connectivity index (χ1v) is 5.91. The monoisotopic (exact) mass is 246 g/mol. The number of anilines is 1. The molecule has 0 aliphatic carbocycles. The zero-order valence-corrected chi connectivity index (χ0v) is 10.4. The highest BCUT2D eigenvalue weighted by molar-refractivity contribution is 7.80. The number of carbonyl (C=O) groups excluding carboxylic acids is 1. The van der Waals surface area contributed by atoms with Gasteiger partial charge in [0, 0.05) is 17.1 Å². The summed E-state index contributed by atoms with van der Waals surface area (Å²) in [5.41, 5.74) is 0.787. The number of urea groups is 1. The number of hydrogen-bond acceptors (Lipinski definition) is 2. The molecule has 0 fully saturated rings.